The molecule has 3 aliphatic rings. The summed E-state index contributed by atoms with van der Waals surface area (Å²) in [5.41, 5.74) is 1.10. The number of rotatable bonds is 3. The molecule has 3 rings (SSSR count). The number of fused-ring (bicyclic) bond motifs is 1. The Morgan fingerprint density at radius 1 is 1.32 bits per heavy atom. The average Bonchev–Trinajstić information content (AvgIpc) is 3.25. The molecule has 2 heterocycles. The largest absolute Gasteiger partial charge is 0.336 e. The summed E-state index contributed by atoms with van der Waals surface area (Å²) in [6.07, 6.45) is 3.44. The highest BCUT2D eigenvalue weighted by Crippen LogP contribution is 2.36. The highest BCUT2D eigenvalue weighted by atomic mass is 16.2. The maximum absolute atomic E-state index is 12.3. The van der Waals surface area contributed by atoms with Crippen molar-refractivity contribution in [2.45, 2.75) is 51.6 Å². The topological polar surface area (TPSA) is 88.8 Å². The molecule has 1 aliphatic carbocycles. The zero-order chi connectivity index (χ0) is 18.0. The van der Waals surface area contributed by atoms with Crippen LogP contribution in [0, 0.1) is 23.2 Å². The molecule has 0 bridgehead atoms. The number of nitrogens with one attached hydrogen (secondary N) is 1. The van der Waals surface area contributed by atoms with Crippen LogP contribution in [0.15, 0.2) is 4.99 Å². The van der Waals surface area contributed by atoms with E-state index in [-0.39, 0.29) is 30.6 Å². The van der Waals surface area contributed by atoms with Crippen LogP contribution >= 0.6 is 0 Å². The lowest BCUT2D eigenvalue weighted by Crippen LogP contribution is -2.42. The molecule has 0 spiro atoms. The minimum absolute atomic E-state index is 0.0228. The molecule has 2 aliphatic heterocycles. The summed E-state index contributed by atoms with van der Waals surface area (Å²) in [7, 11) is 0. The minimum Gasteiger partial charge on any atom is -0.336 e. The lowest BCUT2D eigenvalue weighted by molar-refractivity contribution is -0.129. The van der Waals surface area contributed by atoms with Gasteiger partial charge in [-0.3, -0.25) is 9.79 Å². The third kappa shape index (κ3) is 3.94. The summed E-state index contributed by atoms with van der Waals surface area (Å²) in [4.78, 5) is 32.5. The lowest BCUT2D eigenvalue weighted by atomic mass is 10.0. The Balaban J connectivity index is 1.49. The smallest absolute Gasteiger partial charge is 0.317 e. The molecule has 3 fully saturated rings. The monoisotopic (exact) mass is 345 g/mol. The van der Waals surface area contributed by atoms with E-state index in [9.17, 15) is 9.59 Å². The van der Waals surface area contributed by atoms with Gasteiger partial charge in [-0.1, -0.05) is 0 Å². The quantitative estimate of drug-likeness (QED) is 0.838. The Morgan fingerprint density at radius 3 is 2.60 bits per heavy atom. The molecule has 7 nitrogen and oxygen atoms in total. The van der Waals surface area contributed by atoms with Crippen LogP contribution in [0.4, 0.5) is 4.79 Å². The van der Waals surface area contributed by atoms with Gasteiger partial charge in [-0.05, 0) is 51.4 Å². The van der Waals surface area contributed by atoms with Crippen LogP contribution in [0.25, 0.3) is 0 Å². The second kappa shape index (κ2) is 7.42. The molecule has 136 valence electrons. The molecule has 0 aromatic heterocycles. The van der Waals surface area contributed by atoms with E-state index >= 15 is 0 Å². The van der Waals surface area contributed by atoms with Gasteiger partial charge in [-0.2, -0.15) is 5.26 Å². The molecule has 1 saturated carbocycles. The number of hydrogen-bond acceptors (Lipinski definition) is 4. The van der Waals surface area contributed by atoms with E-state index < -0.39 is 0 Å². The first-order valence-corrected chi connectivity index (χ1v) is 9.24. The predicted octanol–water partition coefficient (Wildman–Crippen LogP) is 1.40. The van der Waals surface area contributed by atoms with Crippen molar-refractivity contribution in [1.82, 2.24) is 15.1 Å². The molecule has 3 amide bonds. The van der Waals surface area contributed by atoms with E-state index in [1.54, 1.807) is 4.90 Å². The molecule has 7 heteroatoms. The van der Waals surface area contributed by atoms with E-state index in [0.717, 1.165) is 44.5 Å². The maximum Gasteiger partial charge on any atom is 0.317 e. The van der Waals surface area contributed by atoms with Gasteiger partial charge in [0.1, 0.15) is 12.6 Å². The van der Waals surface area contributed by atoms with E-state index in [2.05, 4.69) is 16.4 Å². The van der Waals surface area contributed by atoms with Crippen LogP contribution in [0.5, 0.6) is 0 Å². The molecule has 2 saturated heterocycles. The summed E-state index contributed by atoms with van der Waals surface area (Å²) in [6.45, 7) is 6.32. The van der Waals surface area contributed by atoms with Gasteiger partial charge in [0.2, 0.25) is 5.91 Å². The van der Waals surface area contributed by atoms with Gasteiger partial charge in [0.25, 0.3) is 0 Å². The first-order valence-electron chi connectivity index (χ1n) is 9.24. The van der Waals surface area contributed by atoms with Crippen LogP contribution in [-0.2, 0) is 4.79 Å². The third-order valence-electron chi connectivity index (χ3n) is 5.43. The van der Waals surface area contributed by atoms with Gasteiger partial charge < -0.3 is 15.1 Å². The fraction of sp³-hybridized carbons (Fsp3) is 0.778. The van der Waals surface area contributed by atoms with Gasteiger partial charge in [0.15, 0.2) is 0 Å². The number of amides is 3. The first-order chi connectivity index (χ1) is 12.0. The van der Waals surface area contributed by atoms with Crippen molar-refractivity contribution in [3.63, 3.8) is 0 Å². The van der Waals surface area contributed by atoms with Gasteiger partial charge in [0, 0.05) is 31.4 Å². The van der Waals surface area contributed by atoms with Crippen molar-refractivity contribution < 1.29 is 9.59 Å². The predicted molar refractivity (Wildman–Crippen MR) is 94.1 cm³/mol. The van der Waals surface area contributed by atoms with E-state index in [1.165, 1.54) is 0 Å². The SMILES string of the molecule is CC(C)NC(=O)N1C[C@H]2CC(=NCC(=O)N3CCCC3C#N)C[C@H]2C1. The van der Waals surface area contributed by atoms with Gasteiger partial charge in [-0.25, -0.2) is 4.79 Å². The van der Waals surface area contributed by atoms with Crippen molar-refractivity contribution in [3.8, 4) is 6.07 Å². The Kier molecular flexibility index (Phi) is 5.26. The minimum atomic E-state index is -0.274. The van der Waals surface area contributed by atoms with Crippen molar-refractivity contribution >= 4 is 17.6 Å². The van der Waals surface area contributed by atoms with Crippen molar-refractivity contribution in [2.75, 3.05) is 26.2 Å². The standard InChI is InChI=1S/C18H27N5O2/c1-12(2)21-18(25)22-10-13-6-15(7-14(13)11-22)20-9-17(24)23-5-3-4-16(23)8-19/h12-14,16H,3-7,9-11H2,1-2H3,(H,21,25)/t13-,14+,16?. The molecule has 0 radical (unpaired) electrons. The molecule has 25 heavy (non-hydrogen) atoms. The van der Waals surface area contributed by atoms with Crippen LogP contribution in [-0.4, -0.2) is 65.7 Å². The molecular formula is C18H27N5O2. The van der Waals surface area contributed by atoms with Crippen molar-refractivity contribution in [3.05, 3.63) is 0 Å². The van der Waals surface area contributed by atoms with Crippen molar-refractivity contribution in [1.29, 1.82) is 5.26 Å². The molecule has 0 aromatic rings. The van der Waals surface area contributed by atoms with Crippen LogP contribution < -0.4 is 5.32 Å². The van der Waals surface area contributed by atoms with Crippen LogP contribution in [0.3, 0.4) is 0 Å². The summed E-state index contributed by atoms with van der Waals surface area (Å²) in [5.74, 6) is 0.891. The van der Waals surface area contributed by atoms with E-state index in [0.29, 0.717) is 18.4 Å². The summed E-state index contributed by atoms with van der Waals surface area (Å²) in [5, 5.41) is 12.0. The number of hydrogen-bond donors (Lipinski definition) is 1. The number of likely N-dealkylation sites (tertiary alicyclic amines) is 2. The molecule has 1 N–H and O–H groups in total. The van der Waals surface area contributed by atoms with Crippen LogP contribution in [0.1, 0.15) is 39.5 Å². The Hall–Kier alpha value is -2.10. The van der Waals surface area contributed by atoms with Crippen LogP contribution in [0.2, 0.25) is 0 Å². The Morgan fingerprint density at radius 2 is 2.00 bits per heavy atom. The highest BCUT2D eigenvalue weighted by Gasteiger charge is 2.41. The zero-order valence-electron chi connectivity index (χ0n) is 15.1. The molecule has 0 aromatic carbocycles. The van der Waals surface area contributed by atoms with Gasteiger partial charge >= 0.3 is 6.03 Å². The van der Waals surface area contributed by atoms with Gasteiger partial charge in [0.05, 0.1) is 6.07 Å². The van der Waals surface area contributed by atoms with Crippen molar-refractivity contribution in [2.24, 2.45) is 16.8 Å². The molecule has 1 unspecified atom stereocenters. The second-order valence-electron chi connectivity index (χ2n) is 7.69. The second-order valence-corrected chi connectivity index (χ2v) is 7.69. The molecule has 3 atom stereocenters. The normalized spacial score (nSPS) is 30.0. The fourth-order valence-corrected chi connectivity index (χ4v) is 4.19. The van der Waals surface area contributed by atoms with E-state index in [4.69, 9.17) is 5.26 Å². The number of carbonyl (C=O) groups is 2. The first kappa shape index (κ1) is 17.7. The average molecular weight is 345 g/mol. The van der Waals surface area contributed by atoms with Gasteiger partial charge in [-0.15, -0.1) is 0 Å². The number of aliphatic imine (C=N–C) groups is 1. The zero-order valence-corrected chi connectivity index (χ0v) is 15.1. The Bertz CT molecular complexity index is 593. The third-order valence-corrected chi connectivity index (χ3v) is 5.43. The fourth-order valence-electron chi connectivity index (χ4n) is 4.19. The number of nitrogens with zero attached hydrogens (tertiary/aromatic N) is 4. The van der Waals surface area contributed by atoms with E-state index in [1.807, 2.05) is 18.7 Å². The maximum atomic E-state index is 12.3. The number of nitriles is 1. The highest BCUT2D eigenvalue weighted by molar-refractivity contribution is 5.90. The Labute approximate surface area is 149 Å². The molecular weight excluding hydrogens is 318 g/mol. The lowest BCUT2D eigenvalue weighted by Gasteiger charge is -2.20. The number of urea groups is 1. The summed E-state index contributed by atoms with van der Waals surface area (Å²) >= 11 is 0. The number of carbonyl (C=O) groups excluding carboxylic acids is 2. The summed E-state index contributed by atoms with van der Waals surface area (Å²) in [6, 6.07) is 2.10. The summed E-state index contributed by atoms with van der Waals surface area (Å²) < 4.78 is 0.